The normalized spacial score (nSPS) is 9.27. The highest BCUT2D eigenvalue weighted by Crippen LogP contribution is 2.21. The average molecular weight is 191 g/mol. The molecule has 0 spiro atoms. The van der Waals surface area contributed by atoms with Gasteiger partial charge in [-0.2, -0.15) is 5.26 Å². The van der Waals surface area contributed by atoms with Crippen molar-refractivity contribution in [1.29, 1.82) is 5.26 Å². The topological polar surface area (TPSA) is 36.7 Å². The van der Waals surface area contributed by atoms with Crippen molar-refractivity contribution in [2.75, 3.05) is 0 Å². The van der Waals surface area contributed by atoms with Gasteiger partial charge in [-0.3, -0.25) is 0 Å². The summed E-state index contributed by atoms with van der Waals surface area (Å²) in [5, 5.41) is 7.99. The Hall–Kier alpha value is -0.850. The van der Waals surface area contributed by atoms with Crippen LogP contribution in [0, 0.1) is 17.1 Å². The van der Waals surface area contributed by atoms with E-state index in [1.54, 1.807) is 6.07 Å². The van der Waals surface area contributed by atoms with Gasteiger partial charge in [-0.15, -0.1) is 0 Å². The van der Waals surface area contributed by atoms with Gasteiger partial charge in [0.15, 0.2) is 11.0 Å². The predicted molar refractivity (Wildman–Crippen MR) is 38.9 cm³/mol. The second-order valence-corrected chi connectivity index (χ2v) is 2.46. The molecule has 2 nitrogen and oxygen atoms in total. The summed E-state index contributed by atoms with van der Waals surface area (Å²) in [5.74, 6) is -0.873. The van der Waals surface area contributed by atoms with Crippen LogP contribution in [0.1, 0.15) is 5.56 Å². The van der Waals surface area contributed by atoms with E-state index < -0.39 is 5.82 Å². The molecular weight excluding hydrogens is 190 g/mol. The molecule has 1 aromatic heterocycles. The van der Waals surface area contributed by atoms with Crippen LogP contribution in [-0.4, -0.2) is 4.98 Å². The highest BCUT2D eigenvalue weighted by molar-refractivity contribution is 6.33. The summed E-state index contributed by atoms with van der Waals surface area (Å²) in [6.07, 6.45) is 1.13. The van der Waals surface area contributed by atoms with Crippen LogP contribution >= 0.6 is 23.2 Å². The van der Waals surface area contributed by atoms with Crippen LogP contribution in [0.25, 0.3) is 0 Å². The zero-order valence-electron chi connectivity index (χ0n) is 5.11. The first-order valence-electron chi connectivity index (χ1n) is 2.56. The van der Waals surface area contributed by atoms with Gasteiger partial charge in [-0.1, -0.05) is 23.2 Å². The van der Waals surface area contributed by atoms with E-state index in [-0.39, 0.29) is 15.7 Å². The van der Waals surface area contributed by atoms with Gasteiger partial charge in [0.1, 0.15) is 11.6 Å². The molecule has 0 N–H and O–H groups in total. The van der Waals surface area contributed by atoms with Gasteiger partial charge in [0.25, 0.3) is 0 Å². The molecule has 56 valence electrons. The number of rotatable bonds is 0. The minimum Gasteiger partial charge on any atom is -0.240 e. The maximum absolute atomic E-state index is 12.8. The van der Waals surface area contributed by atoms with E-state index in [0.29, 0.717) is 0 Å². The van der Waals surface area contributed by atoms with Gasteiger partial charge in [-0.05, 0) is 0 Å². The third-order valence-corrected chi connectivity index (χ3v) is 1.59. The van der Waals surface area contributed by atoms with Crippen LogP contribution in [0.5, 0.6) is 0 Å². The van der Waals surface area contributed by atoms with Crippen LogP contribution in [-0.2, 0) is 0 Å². The summed E-state index contributed by atoms with van der Waals surface area (Å²) >= 11 is 10.7. The maximum atomic E-state index is 12.8. The molecule has 5 heteroatoms. The Morgan fingerprint density at radius 3 is 2.64 bits per heavy atom. The summed E-state index contributed by atoms with van der Waals surface area (Å²) in [4.78, 5) is 3.39. The lowest BCUT2D eigenvalue weighted by atomic mass is 10.3. The highest BCUT2D eigenvalue weighted by atomic mass is 35.5. The minimum atomic E-state index is -0.873. The molecule has 0 aromatic carbocycles. The molecule has 0 aliphatic heterocycles. The van der Waals surface area contributed by atoms with E-state index in [2.05, 4.69) is 4.98 Å². The third kappa shape index (κ3) is 1.42. The lowest BCUT2D eigenvalue weighted by molar-refractivity contribution is 0.618. The van der Waals surface area contributed by atoms with Gasteiger partial charge in [0.05, 0.1) is 5.02 Å². The van der Waals surface area contributed by atoms with Crippen molar-refractivity contribution in [3.63, 3.8) is 0 Å². The SMILES string of the molecule is N#Cc1c(Cl)cnc(Cl)c1F. The van der Waals surface area contributed by atoms with Gasteiger partial charge in [-0.25, -0.2) is 9.37 Å². The summed E-state index contributed by atoms with van der Waals surface area (Å²) < 4.78 is 12.8. The van der Waals surface area contributed by atoms with Crippen LogP contribution in [0.15, 0.2) is 6.20 Å². The van der Waals surface area contributed by atoms with Crippen molar-refractivity contribution < 1.29 is 4.39 Å². The number of hydrogen-bond acceptors (Lipinski definition) is 2. The summed E-state index contributed by atoms with van der Waals surface area (Å²) in [5.41, 5.74) is -0.272. The Balaban J connectivity index is 3.44. The molecular formula is C6HCl2FN2. The van der Waals surface area contributed by atoms with Gasteiger partial charge in [0.2, 0.25) is 0 Å². The zero-order chi connectivity index (χ0) is 8.43. The smallest absolute Gasteiger partial charge is 0.179 e. The molecule has 0 atom stereocenters. The van der Waals surface area contributed by atoms with E-state index in [1.807, 2.05) is 0 Å². The van der Waals surface area contributed by atoms with Crippen molar-refractivity contribution in [3.8, 4) is 6.07 Å². The van der Waals surface area contributed by atoms with E-state index in [1.165, 1.54) is 0 Å². The Kier molecular flexibility index (Phi) is 2.28. The van der Waals surface area contributed by atoms with E-state index in [9.17, 15) is 4.39 Å². The summed E-state index contributed by atoms with van der Waals surface area (Å²) in [7, 11) is 0. The van der Waals surface area contributed by atoms with Crippen molar-refractivity contribution in [2.45, 2.75) is 0 Å². The maximum Gasteiger partial charge on any atom is 0.179 e. The Morgan fingerprint density at radius 1 is 1.55 bits per heavy atom. The molecule has 1 heterocycles. The van der Waals surface area contributed by atoms with Crippen molar-refractivity contribution in [1.82, 2.24) is 4.98 Å². The minimum absolute atomic E-state index is 0.0330. The fourth-order valence-electron chi connectivity index (χ4n) is 0.545. The summed E-state index contributed by atoms with van der Waals surface area (Å²) in [6, 6.07) is 1.57. The molecule has 11 heavy (non-hydrogen) atoms. The van der Waals surface area contributed by atoms with E-state index in [4.69, 9.17) is 28.5 Å². The first-order chi connectivity index (χ1) is 5.16. The first-order valence-corrected chi connectivity index (χ1v) is 3.32. The molecule has 0 amide bonds. The molecule has 1 rings (SSSR count). The number of nitrogens with zero attached hydrogens (tertiary/aromatic N) is 2. The fraction of sp³-hybridized carbons (Fsp3) is 0. The lowest BCUT2D eigenvalue weighted by Crippen LogP contribution is -1.89. The molecule has 0 fully saturated rings. The second-order valence-electron chi connectivity index (χ2n) is 1.70. The van der Waals surface area contributed by atoms with E-state index in [0.717, 1.165) is 6.20 Å². The average Bonchev–Trinajstić information content (AvgIpc) is 1.99. The van der Waals surface area contributed by atoms with Crippen molar-refractivity contribution >= 4 is 23.2 Å². The fourth-order valence-corrected chi connectivity index (χ4v) is 0.862. The Morgan fingerprint density at radius 2 is 2.18 bits per heavy atom. The number of nitriles is 1. The monoisotopic (exact) mass is 190 g/mol. The van der Waals surface area contributed by atoms with Gasteiger partial charge in [0, 0.05) is 6.20 Å². The number of aromatic nitrogens is 1. The summed E-state index contributed by atoms with van der Waals surface area (Å²) in [6.45, 7) is 0. The first kappa shape index (κ1) is 8.25. The Labute approximate surface area is 72.2 Å². The van der Waals surface area contributed by atoms with E-state index >= 15 is 0 Å². The molecule has 0 aliphatic rings. The van der Waals surface area contributed by atoms with Crippen LogP contribution in [0.2, 0.25) is 10.2 Å². The standard InChI is InChI=1S/C6HCl2FN2/c7-4-2-11-6(8)5(9)3(4)1-10/h2H. The molecule has 0 bridgehead atoms. The van der Waals surface area contributed by atoms with Crippen molar-refractivity contribution in [3.05, 3.63) is 27.8 Å². The van der Waals surface area contributed by atoms with Crippen molar-refractivity contribution in [2.24, 2.45) is 0 Å². The van der Waals surface area contributed by atoms with Crippen LogP contribution < -0.4 is 0 Å². The molecule has 0 radical (unpaired) electrons. The Bertz CT molecular complexity index is 332. The zero-order valence-corrected chi connectivity index (χ0v) is 6.62. The quantitative estimate of drug-likeness (QED) is 0.590. The molecule has 0 saturated heterocycles. The van der Waals surface area contributed by atoms with Gasteiger partial charge >= 0.3 is 0 Å². The number of pyridine rings is 1. The lowest BCUT2D eigenvalue weighted by Gasteiger charge is -1.96. The molecule has 0 unspecified atom stereocenters. The highest BCUT2D eigenvalue weighted by Gasteiger charge is 2.10. The second kappa shape index (κ2) is 3.04. The number of halogens is 3. The molecule has 0 saturated carbocycles. The predicted octanol–water partition coefficient (Wildman–Crippen LogP) is 2.40. The molecule has 0 aliphatic carbocycles. The van der Waals surface area contributed by atoms with Gasteiger partial charge < -0.3 is 0 Å². The molecule has 1 aromatic rings. The van der Waals surface area contributed by atoms with Crippen LogP contribution in [0.4, 0.5) is 4.39 Å². The van der Waals surface area contributed by atoms with Crippen LogP contribution in [0.3, 0.4) is 0 Å². The third-order valence-electron chi connectivity index (χ3n) is 1.04. The number of hydrogen-bond donors (Lipinski definition) is 0. The largest absolute Gasteiger partial charge is 0.240 e.